The molecule has 0 bridgehead atoms. The highest BCUT2D eigenvalue weighted by Gasteiger charge is 2.36. The summed E-state index contributed by atoms with van der Waals surface area (Å²) < 4.78 is 38.0. The van der Waals surface area contributed by atoms with Crippen LogP contribution in [0.25, 0.3) is 0 Å². The van der Waals surface area contributed by atoms with Crippen LogP contribution in [0.5, 0.6) is 0 Å². The van der Waals surface area contributed by atoms with Gasteiger partial charge in [0.15, 0.2) is 5.69 Å². The number of aromatic carboxylic acids is 1. The van der Waals surface area contributed by atoms with E-state index < -0.39 is 23.4 Å². The van der Waals surface area contributed by atoms with Crippen molar-refractivity contribution in [2.75, 3.05) is 29.5 Å². The SMILES string of the molecule is O=C(O)c1nc(N2CCSCC2)ccc1C(F)(F)F. The molecule has 2 rings (SSSR count). The van der Waals surface area contributed by atoms with E-state index in [1.54, 1.807) is 16.7 Å². The van der Waals surface area contributed by atoms with E-state index in [0.717, 1.165) is 17.6 Å². The molecule has 0 saturated carbocycles. The summed E-state index contributed by atoms with van der Waals surface area (Å²) >= 11 is 1.75. The number of halogens is 3. The van der Waals surface area contributed by atoms with Gasteiger partial charge in [0.25, 0.3) is 0 Å². The van der Waals surface area contributed by atoms with Crippen molar-refractivity contribution < 1.29 is 23.1 Å². The van der Waals surface area contributed by atoms with Gasteiger partial charge in [0.2, 0.25) is 0 Å². The molecule has 1 aromatic rings. The minimum atomic E-state index is -4.71. The highest BCUT2D eigenvalue weighted by Crippen LogP contribution is 2.32. The van der Waals surface area contributed by atoms with E-state index in [0.29, 0.717) is 13.1 Å². The van der Waals surface area contributed by atoms with Crippen molar-refractivity contribution in [1.29, 1.82) is 0 Å². The van der Waals surface area contributed by atoms with Crippen LogP contribution in [0.1, 0.15) is 16.1 Å². The predicted octanol–water partition coefficient (Wildman–Crippen LogP) is 2.35. The van der Waals surface area contributed by atoms with Crippen LogP contribution >= 0.6 is 11.8 Å². The Morgan fingerprint density at radius 3 is 2.47 bits per heavy atom. The smallest absolute Gasteiger partial charge is 0.418 e. The molecule has 1 N–H and O–H groups in total. The van der Waals surface area contributed by atoms with Crippen LogP contribution in [0.2, 0.25) is 0 Å². The number of hydrogen-bond acceptors (Lipinski definition) is 4. The van der Waals surface area contributed by atoms with Crippen molar-refractivity contribution in [1.82, 2.24) is 4.98 Å². The van der Waals surface area contributed by atoms with Crippen molar-refractivity contribution in [3.8, 4) is 0 Å². The number of alkyl halides is 3. The molecule has 1 fully saturated rings. The lowest BCUT2D eigenvalue weighted by molar-refractivity contribution is -0.138. The van der Waals surface area contributed by atoms with Gasteiger partial charge in [-0.1, -0.05) is 0 Å². The predicted molar refractivity (Wildman–Crippen MR) is 65.7 cm³/mol. The van der Waals surface area contributed by atoms with Gasteiger partial charge in [-0.15, -0.1) is 0 Å². The molecule has 19 heavy (non-hydrogen) atoms. The van der Waals surface area contributed by atoms with E-state index in [1.807, 2.05) is 0 Å². The second-order valence-corrected chi connectivity index (χ2v) is 5.19. The molecule has 1 aromatic heterocycles. The Kier molecular flexibility index (Phi) is 3.88. The third-order valence-electron chi connectivity index (χ3n) is 2.72. The first kappa shape index (κ1) is 14.0. The summed E-state index contributed by atoms with van der Waals surface area (Å²) in [5.74, 6) is 0.321. The molecule has 104 valence electrons. The second kappa shape index (κ2) is 5.28. The maximum atomic E-state index is 12.7. The molecule has 0 unspecified atom stereocenters. The molecule has 0 aliphatic carbocycles. The fraction of sp³-hybridized carbons (Fsp3) is 0.455. The molecule has 2 heterocycles. The quantitative estimate of drug-likeness (QED) is 0.907. The van der Waals surface area contributed by atoms with Crippen LogP contribution in [0.15, 0.2) is 12.1 Å². The minimum Gasteiger partial charge on any atom is -0.476 e. The zero-order valence-corrected chi connectivity index (χ0v) is 10.6. The summed E-state index contributed by atoms with van der Waals surface area (Å²) in [7, 11) is 0. The first-order valence-electron chi connectivity index (χ1n) is 5.54. The van der Waals surface area contributed by atoms with Crippen molar-refractivity contribution in [2.24, 2.45) is 0 Å². The molecule has 1 saturated heterocycles. The highest BCUT2D eigenvalue weighted by molar-refractivity contribution is 7.99. The Morgan fingerprint density at radius 2 is 1.95 bits per heavy atom. The van der Waals surface area contributed by atoms with Crippen molar-refractivity contribution in [3.05, 3.63) is 23.4 Å². The largest absolute Gasteiger partial charge is 0.476 e. The number of nitrogens with zero attached hydrogens (tertiary/aromatic N) is 2. The Balaban J connectivity index is 2.38. The number of rotatable bonds is 2. The molecule has 0 spiro atoms. The lowest BCUT2D eigenvalue weighted by Crippen LogP contribution is -2.33. The van der Waals surface area contributed by atoms with Gasteiger partial charge in [-0.05, 0) is 12.1 Å². The van der Waals surface area contributed by atoms with Gasteiger partial charge in [-0.25, -0.2) is 9.78 Å². The molecule has 0 aromatic carbocycles. The first-order valence-corrected chi connectivity index (χ1v) is 6.69. The topological polar surface area (TPSA) is 53.4 Å². The fourth-order valence-corrected chi connectivity index (χ4v) is 2.71. The number of thioether (sulfide) groups is 1. The molecule has 0 amide bonds. The van der Waals surface area contributed by atoms with Crippen LogP contribution in [0.3, 0.4) is 0 Å². The number of anilines is 1. The maximum absolute atomic E-state index is 12.7. The molecule has 0 radical (unpaired) electrons. The molecule has 4 nitrogen and oxygen atoms in total. The second-order valence-electron chi connectivity index (χ2n) is 3.97. The van der Waals surface area contributed by atoms with Crippen LogP contribution in [-0.4, -0.2) is 40.7 Å². The average Bonchev–Trinajstić information content (AvgIpc) is 2.38. The van der Waals surface area contributed by atoms with Gasteiger partial charge in [0.1, 0.15) is 5.82 Å². The molecule has 8 heteroatoms. The van der Waals surface area contributed by atoms with Crippen LogP contribution in [-0.2, 0) is 6.18 Å². The average molecular weight is 292 g/mol. The lowest BCUT2D eigenvalue weighted by atomic mass is 10.2. The number of pyridine rings is 1. The Hall–Kier alpha value is -1.44. The van der Waals surface area contributed by atoms with Crippen LogP contribution < -0.4 is 4.90 Å². The third kappa shape index (κ3) is 3.12. The van der Waals surface area contributed by atoms with E-state index in [-0.39, 0.29) is 5.82 Å². The van der Waals surface area contributed by atoms with Gasteiger partial charge in [0, 0.05) is 24.6 Å². The van der Waals surface area contributed by atoms with Crippen LogP contribution in [0.4, 0.5) is 19.0 Å². The minimum absolute atomic E-state index is 0.283. The van der Waals surface area contributed by atoms with Gasteiger partial charge >= 0.3 is 12.1 Å². The van der Waals surface area contributed by atoms with Crippen molar-refractivity contribution in [3.63, 3.8) is 0 Å². The van der Waals surface area contributed by atoms with Crippen LogP contribution in [0, 0.1) is 0 Å². The summed E-state index contributed by atoms with van der Waals surface area (Å²) in [5, 5.41) is 8.87. The van der Waals surface area contributed by atoms with E-state index in [4.69, 9.17) is 5.11 Å². The summed E-state index contributed by atoms with van der Waals surface area (Å²) in [6.07, 6.45) is -4.71. The third-order valence-corrected chi connectivity index (χ3v) is 3.67. The van der Waals surface area contributed by atoms with Crippen molar-refractivity contribution >= 4 is 23.5 Å². The molecular weight excluding hydrogens is 281 g/mol. The molecule has 1 aliphatic rings. The lowest BCUT2D eigenvalue weighted by Gasteiger charge is -2.27. The van der Waals surface area contributed by atoms with Gasteiger partial charge < -0.3 is 10.0 Å². The maximum Gasteiger partial charge on any atom is 0.418 e. The van der Waals surface area contributed by atoms with Gasteiger partial charge in [0.05, 0.1) is 5.56 Å². The number of hydrogen-bond donors (Lipinski definition) is 1. The van der Waals surface area contributed by atoms with Gasteiger partial charge in [-0.2, -0.15) is 24.9 Å². The summed E-state index contributed by atoms with van der Waals surface area (Å²) in [6, 6.07) is 2.01. The monoisotopic (exact) mass is 292 g/mol. The zero-order chi connectivity index (χ0) is 14.0. The first-order chi connectivity index (χ1) is 8.89. The standard InChI is InChI=1S/C11H11F3N2O2S/c12-11(13,14)7-1-2-8(15-9(7)10(17)18)16-3-5-19-6-4-16/h1-2H,3-6H2,(H,17,18). The van der Waals surface area contributed by atoms with E-state index >= 15 is 0 Å². The Bertz CT molecular complexity index is 487. The van der Waals surface area contributed by atoms with Gasteiger partial charge in [-0.3, -0.25) is 0 Å². The Morgan fingerprint density at radius 1 is 1.32 bits per heavy atom. The Labute approximate surface area is 111 Å². The number of aromatic nitrogens is 1. The summed E-state index contributed by atoms with van der Waals surface area (Å²) in [4.78, 5) is 16.4. The number of carboxylic acids is 1. The highest BCUT2D eigenvalue weighted by atomic mass is 32.2. The normalized spacial score (nSPS) is 16.5. The summed E-state index contributed by atoms with van der Waals surface area (Å²) in [5.41, 5.74) is -2.15. The fourth-order valence-electron chi connectivity index (χ4n) is 1.81. The summed E-state index contributed by atoms with van der Waals surface area (Å²) in [6.45, 7) is 1.31. The van der Waals surface area contributed by atoms with E-state index in [9.17, 15) is 18.0 Å². The molecular formula is C11H11F3N2O2S. The zero-order valence-electron chi connectivity index (χ0n) is 9.78. The van der Waals surface area contributed by atoms with E-state index in [1.165, 1.54) is 6.07 Å². The molecule has 1 aliphatic heterocycles. The number of carboxylic acid groups (broad SMARTS) is 1. The van der Waals surface area contributed by atoms with Crippen molar-refractivity contribution in [2.45, 2.75) is 6.18 Å². The molecule has 0 atom stereocenters. The number of carbonyl (C=O) groups is 1. The van der Waals surface area contributed by atoms with E-state index in [2.05, 4.69) is 4.98 Å².